The van der Waals surface area contributed by atoms with Crippen molar-refractivity contribution < 1.29 is 0 Å². The highest BCUT2D eigenvalue weighted by molar-refractivity contribution is 4.99. The van der Waals surface area contributed by atoms with Gasteiger partial charge >= 0.3 is 0 Å². The van der Waals surface area contributed by atoms with E-state index in [4.69, 9.17) is 0 Å². The Balaban J connectivity index is 1.85. The van der Waals surface area contributed by atoms with Gasteiger partial charge in [0.25, 0.3) is 0 Å². The van der Waals surface area contributed by atoms with Gasteiger partial charge in [0.15, 0.2) is 0 Å². The van der Waals surface area contributed by atoms with Crippen LogP contribution in [-0.4, -0.2) is 40.4 Å². The van der Waals surface area contributed by atoms with Gasteiger partial charge in [-0.3, -0.25) is 9.58 Å². The molecule has 4 heteroatoms. The standard InChI is InChI=1S/C15H28N4/c1-4-8-16-15-7-10-19(11-13(15)5-2)12-14-6-9-18(3)17-14/h6,9,13,15-16H,4-5,7-8,10-12H2,1-3H3. The van der Waals surface area contributed by atoms with Gasteiger partial charge in [-0.15, -0.1) is 0 Å². The highest BCUT2D eigenvalue weighted by Gasteiger charge is 2.27. The van der Waals surface area contributed by atoms with Crippen molar-refractivity contribution >= 4 is 0 Å². The van der Waals surface area contributed by atoms with Gasteiger partial charge < -0.3 is 5.32 Å². The van der Waals surface area contributed by atoms with Gasteiger partial charge in [-0.25, -0.2) is 0 Å². The van der Waals surface area contributed by atoms with Crippen molar-refractivity contribution in [3.8, 4) is 0 Å². The number of nitrogens with zero attached hydrogens (tertiary/aromatic N) is 3. The van der Waals surface area contributed by atoms with Gasteiger partial charge in [-0.2, -0.15) is 5.10 Å². The summed E-state index contributed by atoms with van der Waals surface area (Å²) in [6, 6.07) is 2.84. The molecule has 0 aromatic carbocycles. The average molecular weight is 264 g/mol. The number of rotatable bonds is 6. The number of hydrogen-bond donors (Lipinski definition) is 1. The maximum absolute atomic E-state index is 4.48. The van der Waals surface area contributed by atoms with Crippen LogP contribution in [0.3, 0.4) is 0 Å². The van der Waals surface area contributed by atoms with Gasteiger partial charge in [-0.05, 0) is 31.4 Å². The molecule has 1 saturated heterocycles. The van der Waals surface area contributed by atoms with Crippen LogP contribution in [0.1, 0.15) is 38.8 Å². The summed E-state index contributed by atoms with van der Waals surface area (Å²) in [5.41, 5.74) is 1.19. The first-order chi connectivity index (χ1) is 9.22. The van der Waals surface area contributed by atoms with E-state index in [1.54, 1.807) is 0 Å². The molecule has 1 aliphatic heterocycles. The molecule has 0 aliphatic carbocycles. The Hall–Kier alpha value is -0.870. The van der Waals surface area contributed by atoms with Crippen LogP contribution < -0.4 is 5.32 Å². The van der Waals surface area contributed by atoms with Crippen LogP contribution in [-0.2, 0) is 13.6 Å². The summed E-state index contributed by atoms with van der Waals surface area (Å²) in [5, 5.41) is 8.20. The zero-order valence-electron chi connectivity index (χ0n) is 12.6. The number of likely N-dealkylation sites (tertiary alicyclic amines) is 1. The molecule has 108 valence electrons. The van der Waals surface area contributed by atoms with E-state index < -0.39 is 0 Å². The fraction of sp³-hybridized carbons (Fsp3) is 0.800. The molecule has 4 nitrogen and oxygen atoms in total. The maximum Gasteiger partial charge on any atom is 0.0764 e. The number of aryl methyl sites for hydroxylation is 1. The van der Waals surface area contributed by atoms with E-state index in [0.717, 1.165) is 19.0 Å². The Morgan fingerprint density at radius 2 is 2.26 bits per heavy atom. The van der Waals surface area contributed by atoms with E-state index in [2.05, 4.69) is 35.2 Å². The predicted octanol–water partition coefficient (Wildman–Crippen LogP) is 2.02. The second kappa shape index (κ2) is 7.06. The van der Waals surface area contributed by atoms with Gasteiger partial charge in [0.05, 0.1) is 5.69 Å². The van der Waals surface area contributed by atoms with Crippen LogP contribution in [0.25, 0.3) is 0 Å². The monoisotopic (exact) mass is 264 g/mol. The van der Waals surface area contributed by atoms with Crippen molar-refractivity contribution in [2.75, 3.05) is 19.6 Å². The SMILES string of the molecule is CCCNC1CCN(Cc2ccn(C)n2)CC1CC. The van der Waals surface area contributed by atoms with Crippen molar-refractivity contribution in [3.05, 3.63) is 18.0 Å². The lowest BCUT2D eigenvalue weighted by molar-refractivity contribution is 0.127. The van der Waals surface area contributed by atoms with Crippen molar-refractivity contribution in [3.63, 3.8) is 0 Å². The zero-order chi connectivity index (χ0) is 13.7. The second-order valence-corrected chi connectivity index (χ2v) is 5.73. The van der Waals surface area contributed by atoms with Crippen LogP contribution in [0.4, 0.5) is 0 Å². The Morgan fingerprint density at radius 3 is 2.89 bits per heavy atom. The second-order valence-electron chi connectivity index (χ2n) is 5.73. The van der Waals surface area contributed by atoms with Crippen molar-refractivity contribution in [2.24, 2.45) is 13.0 Å². The van der Waals surface area contributed by atoms with E-state index in [1.165, 1.54) is 38.0 Å². The van der Waals surface area contributed by atoms with Crippen molar-refractivity contribution in [2.45, 2.75) is 45.7 Å². The van der Waals surface area contributed by atoms with E-state index in [9.17, 15) is 0 Å². The largest absolute Gasteiger partial charge is 0.314 e. The molecule has 1 fully saturated rings. The summed E-state index contributed by atoms with van der Waals surface area (Å²) in [5.74, 6) is 0.781. The highest BCUT2D eigenvalue weighted by Crippen LogP contribution is 2.21. The molecule has 2 atom stereocenters. The molecule has 0 bridgehead atoms. The first-order valence-corrected chi connectivity index (χ1v) is 7.67. The van der Waals surface area contributed by atoms with Gasteiger partial charge in [-0.1, -0.05) is 20.3 Å². The van der Waals surface area contributed by atoms with Crippen LogP contribution in [0.2, 0.25) is 0 Å². The third-order valence-electron chi connectivity index (χ3n) is 4.15. The summed E-state index contributed by atoms with van der Waals surface area (Å²) >= 11 is 0. The first-order valence-electron chi connectivity index (χ1n) is 7.67. The van der Waals surface area contributed by atoms with Crippen LogP contribution in [0.5, 0.6) is 0 Å². The topological polar surface area (TPSA) is 33.1 Å². The summed E-state index contributed by atoms with van der Waals surface area (Å²) in [7, 11) is 1.99. The van der Waals surface area contributed by atoms with E-state index >= 15 is 0 Å². The molecule has 1 aromatic heterocycles. The maximum atomic E-state index is 4.48. The Kier molecular flexibility index (Phi) is 5.40. The van der Waals surface area contributed by atoms with Crippen molar-refractivity contribution in [1.82, 2.24) is 20.0 Å². The van der Waals surface area contributed by atoms with Gasteiger partial charge in [0.2, 0.25) is 0 Å². The van der Waals surface area contributed by atoms with E-state index in [1.807, 2.05) is 17.9 Å². The smallest absolute Gasteiger partial charge is 0.0764 e. The Labute approximate surface area is 117 Å². The van der Waals surface area contributed by atoms with E-state index in [-0.39, 0.29) is 0 Å². The minimum absolute atomic E-state index is 0.713. The van der Waals surface area contributed by atoms with Crippen LogP contribution in [0, 0.1) is 5.92 Å². The summed E-state index contributed by atoms with van der Waals surface area (Å²) < 4.78 is 1.89. The summed E-state index contributed by atoms with van der Waals surface area (Å²) in [6.07, 6.45) is 5.79. The van der Waals surface area contributed by atoms with Crippen molar-refractivity contribution in [1.29, 1.82) is 0 Å². The van der Waals surface area contributed by atoms with Crippen LogP contribution in [0.15, 0.2) is 12.3 Å². The molecular formula is C15H28N4. The molecule has 2 rings (SSSR count). The molecule has 2 unspecified atom stereocenters. The predicted molar refractivity (Wildman–Crippen MR) is 79.0 cm³/mol. The highest BCUT2D eigenvalue weighted by atomic mass is 15.3. The van der Waals surface area contributed by atoms with E-state index in [0.29, 0.717) is 6.04 Å². The molecule has 0 spiro atoms. The lowest BCUT2D eigenvalue weighted by Gasteiger charge is -2.38. The minimum atomic E-state index is 0.713. The molecule has 2 heterocycles. The number of nitrogens with one attached hydrogen (secondary N) is 1. The normalized spacial score (nSPS) is 24.8. The minimum Gasteiger partial charge on any atom is -0.314 e. The van der Waals surface area contributed by atoms with Gasteiger partial charge in [0.1, 0.15) is 0 Å². The fourth-order valence-electron chi connectivity index (χ4n) is 3.04. The Bertz CT molecular complexity index is 374. The summed E-state index contributed by atoms with van der Waals surface area (Å²) in [6.45, 7) is 9.10. The Morgan fingerprint density at radius 1 is 1.42 bits per heavy atom. The molecule has 0 amide bonds. The molecule has 1 N–H and O–H groups in total. The quantitative estimate of drug-likeness (QED) is 0.853. The lowest BCUT2D eigenvalue weighted by atomic mass is 9.89. The number of aromatic nitrogens is 2. The average Bonchev–Trinajstić information content (AvgIpc) is 2.82. The third kappa shape index (κ3) is 4.05. The summed E-state index contributed by atoms with van der Waals surface area (Å²) in [4.78, 5) is 2.56. The first kappa shape index (κ1) is 14.5. The number of hydrogen-bond acceptors (Lipinski definition) is 3. The molecular weight excluding hydrogens is 236 g/mol. The molecule has 1 aliphatic rings. The fourth-order valence-corrected chi connectivity index (χ4v) is 3.04. The molecule has 0 saturated carbocycles. The molecule has 19 heavy (non-hydrogen) atoms. The molecule has 1 aromatic rings. The van der Waals surface area contributed by atoms with Crippen LogP contribution >= 0.6 is 0 Å². The van der Waals surface area contributed by atoms with Gasteiger partial charge in [0, 0.05) is 38.9 Å². The molecule has 0 radical (unpaired) electrons. The zero-order valence-corrected chi connectivity index (χ0v) is 12.6. The number of piperidine rings is 1. The lowest BCUT2D eigenvalue weighted by Crippen LogP contribution is -2.49. The third-order valence-corrected chi connectivity index (χ3v) is 4.15.